The average molecular weight is 394 g/mol. The van der Waals surface area contributed by atoms with Crippen LogP contribution in [-0.4, -0.2) is 11.2 Å². The van der Waals surface area contributed by atoms with Gasteiger partial charge < -0.3 is 21.7 Å². The number of rotatable bonds is 6. The third-order valence-corrected chi connectivity index (χ3v) is 3.94. The highest BCUT2D eigenvalue weighted by Crippen LogP contribution is 2.16. The van der Waals surface area contributed by atoms with Crippen molar-refractivity contribution in [3.63, 3.8) is 0 Å². The van der Waals surface area contributed by atoms with E-state index in [0.29, 0.717) is 12.4 Å². The molecule has 4 nitrogen and oxygen atoms in total. The van der Waals surface area contributed by atoms with Crippen molar-refractivity contribution in [1.82, 2.24) is 4.57 Å². The molecular weight excluding hydrogens is 373 g/mol. The molecule has 0 aliphatic carbocycles. The van der Waals surface area contributed by atoms with Crippen molar-refractivity contribution >= 4 is 17.0 Å². The molecule has 0 spiro atoms. The van der Waals surface area contributed by atoms with E-state index < -0.39 is 0 Å². The second-order valence-electron chi connectivity index (χ2n) is 5.40. The number of nitrogens with two attached hydrogens (primary N) is 1. The molecule has 0 fully saturated rings. The first kappa shape index (κ1) is 18.3. The van der Waals surface area contributed by atoms with Crippen LogP contribution in [0.4, 0.5) is 10.3 Å². The van der Waals surface area contributed by atoms with Gasteiger partial charge in [-0.25, -0.2) is 13.5 Å². The number of benzene rings is 2. The average Bonchev–Trinajstić information content (AvgIpc) is 2.84. The van der Waals surface area contributed by atoms with Gasteiger partial charge in [0.15, 0.2) is 0 Å². The number of ether oxygens (including phenoxy) is 1. The number of fused-ring (bicyclic) bond motifs is 1. The van der Waals surface area contributed by atoms with Crippen LogP contribution in [0.2, 0.25) is 0 Å². The van der Waals surface area contributed by atoms with Gasteiger partial charge in [0.2, 0.25) is 0 Å². The van der Waals surface area contributed by atoms with Gasteiger partial charge in [-0.05, 0) is 43.3 Å². The lowest BCUT2D eigenvalue weighted by Gasteiger charge is -2.06. The molecule has 0 atom stereocenters. The molecule has 0 aliphatic heterocycles. The van der Waals surface area contributed by atoms with E-state index in [4.69, 9.17) is 10.5 Å². The van der Waals surface area contributed by atoms with Gasteiger partial charge >= 0.3 is 5.95 Å². The smallest absolute Gasteiger partial charge is 0.356 e. The van der Waals surface area contributed by atoms with Gasteiger partial charge in [-0.3, -0.25) is 5.73 Å². The molecule has 0 bridgehead atoms. The van der Waals surface area contributed by atoms with Crippen LogP contribution in [0.25, 0.3) is 11.0 Å². The minimum atomic E-state index is -0.256. The Labute approximate surface area is 151 Å². The highest BCUT2D eigenvalue weighted by molar-refractivity contribution is 5.73. The zero-order valence-electron chi connectivity index (χ0n) is 13.6. The fourth-order valence-corrected chi connectivity index (χ4v) is 2.82. The van der Waals surface area contributed by atoms with Gasteiger partial charge in [0.05, 0.1) is 19.7 Å². The third-order valence-electron chi connectivity index (χ3n) is 3.94. The first-order chi connectivity index (χ1) is 11.2. The van der Waals surface area contributed by atoms with E-state index in [9.17, 15) is 4.39 Å². The lowest BCUT2D eigenvalue weighted by atomic mass is 10.3. The number of aryl methyl sites for hydroxylation is 2. The monoisotopic (exact) mass is 393 g/mol. The second kappa shape index (κ2) is 8.15. The van der Waals surface area contributed by atoms with E-state index in [1.54, 1.807) is 12.1 Å². The van der Waals surface area contributed by atoms with Crippen molar-refractivity contribution in [2.75, 3.05) is 12.3 Å². The lowest BCUT2D eigenvalue weighted by Crippen LogP contribution is -3.00. The molecular formula is C18H21BrFN3O. The molecule has 0 saturated heterocycles. The first-order valence-electron chi connectivity index (χ1n) is 7.85. The Morgan fingerprint density at radius 2 is 1.83 bits per heavy atom. The number of anilines is 1. The fraction of sp³-hybridized carbons (Fsp3) is 0.278. The van der Waals surface area contributed by atoms with E-state index in [-0.39, 0.29) is 22.8 Å². The lowest BCUT2D eigenvalue weighted by molar-refractivity contribution is -0.657. The van der Waals surface area contributed by atoms with E-state index >= 15 is 0 Å². The number of hydrogen-bond acceptors (Lipinski definition) is 2. The Kier molecular flexibility index (Phi) is 6.20. The molecule has 6 heteroatoms. The summed E-state index contributed by atoms with van der Waals surface area (Å²) < 4.78 is 22.7. The molecule has 1 aromatic heterocycles. The number of aromatic nitrogens is 2. The van der Waals surface area contributed by atoms with E-state index in [1.807, 2.05) is 12.1 Å². The summed E-state index contributed by atoms with van der Waals surface area (Å²) >= 11 is 0. The van der Waals surface area contributed by atoms with E-state index in [1.165, 1.54) is 12.1 Å². The van der Waals surface area contributed by atoms with Crippen molar-refractivity contribution in [2.24, 2.45) is 0 Å². The molecule has 128 valence electrons. The standard InChI is InChI=1S/C18H20FN3O.BrH/c1-2-21-16-6-3-4-7-17(16)22(18(21)20)12-5-13-23-15-10-8-14(19)9-11-15;/h3-4,6-11,20H,2,5,12-13H2,1H3;1H. The predicted octanol–water partition coefficient (Wildman–Crippen LogP) is 0.143. The number of hydrogen-bond donors (Lipinski definition) is 1. The Hall–Kier alpha value is -2.08. The Bertz CT molecular complexity index is 802. The van der Waals surface area contributed by atoms with Gasteiger partial charge in [-0.15, -0.1) is 0 Å². The van der Waals surface area contributed by atoms with Gasteiger partial charge in [-0.2, -0.15) is 0 Å². The van der Waals surface area contributed by atoms with Crippen LogP contribution >= 0.6 is 0 Å². The van der Waals surface area contributed by atoms with Crippen LogP contribution in [0.15, 0.2) is 48.5 Å². The Morgan fingerprint density at radius 1 is 1.12 bits per heavy atom. The minimum Gasteiger partial charge on any atom is -1.00 e. The van der Waals surface area contributed by atoms with Crippen molar-refractivity contribution in [1.29, 1.82) is 0 Å². The summed E-state index contributed by atoms with van der Waals surface area (Å²) in [6, 6.07) is 14.3. The molecule has 3 aromatic rings. The van der Waals surface area contributed by atoms with E-state index in [2.05, 4.69) is 28.2 Å². The highest BCUT2D eigenvalue weighted by atomic mass is 79.9. The van der Waals surface area contributed by atoms with E-state index in [0.717, 1.165) is 36.5 Å². The zero-order valence-corrected chi connectivity index (χ0v) is 15.2. The summed E-state index contributed by atoms with van der Waals surface area (Å²) in [5.41, 5.74) is 8.56. The van der Waals surface area contributed by atoms with Crippen LogP contribution in [-0.2, 0) is 13.1 Å². The van der Waals surface area contributed by atoms with Crippen LogP contribution in [0.3, 0.4) is 0 Å². The molecule has 24 heavy (non-hydrogen) atoms. The molecule has 2 N–H and O–H groups in total. The zero-order chi connectivity index (χ0) is 16.2. The fourth-order valence-electron chi connectivity index (χ4n) is 2.82. The summed E-state index contributed by atoms with van der Waals surface area (Å²) in [5.74, 6) is 1.18. The van der Waals surface area contributed by atoms with Crippen LogP contribution < -0.4 is 32.0 Å². The van der Waals surface area contributed by atoms with Crippen molar-refractivity contribution < 1.29 is 30.7 Å². The largest absolute Gasteiger partial charge is 1.00 e. The van der Waals surface area contributed by atoms with Gasteiger partial charge in [0, 0.05) is 6.42 Å². The summed E-state index contributed by atoms with van der Waals surface area (Å²) in [7, 11) is 0. The number of halogens is 2. The number of nitrogens with zero attached hydrogens (tertiary/aromatic N) is 2. The van der Waals surface area contributed by atoms with Crippen LogP contribution in [0.1, 0.15) is 13.3 Å². The number of nitrogen functional groups attached to an aromatic ring is 1. The summed E-state index contributed by atoms with van der Waals surface area (Å²) in [5, 5.41) is 0. The van der Waals surface area contributed by atoms with Gasteiger partial charge in [0.1, 0.15) is 22.6 Å². The second-order valence-corrected chi connectivity index (χ2v) is 5.40. The molecule has 0 radical (unpaired) electrons. The first-order valence-corrected chi connectivity index (χ1v) is 7.85. The number of imidazole rings is 1. The Morgan fingerprint density at radius 3 is 2.54 bits per heavy atom. The van der Waals surface area contributed by atoms with Gasteiger partial charge in [0.25, 0.3) is 0 Å². The van der Waals surface area contributed by atoms with Crippen molar-refractivity contribution in [3.05, 3.63) is 54.3 Å². The molecule has 3 rings (SSSR count). The quantitative estimate of drug-likeness (QED) is 0.478. The maximum atomic E-state index is 12.8. The molecule has 2 aromatic carbocycles. The summed E-state index contributed by atoms with van der Waals surface area (Å²) in [4.78, 5) is 0. The summed E-state index contributed by atoms with van der Waals surface area (Å²) in [6.07, 6.45) is 0.823. The number of para-hydroxylation sites is 2. The normalized spacial score (nSPS) is 10.6. The highest BCUT2D eigenvalue weighted by Gasteiger charge is 2.18. The molecule has 0 unspecified atom stereocenters. The minimum absolute atomic E-state index is 0. The maximum Gasteiger partial charge on any atom is 0.356 e. The summed E-state index contributed by atoms with van der Waals surface area (Å²) in [6.45, 7) is 4.26. The maximum absolute atomic E-state index is 12.8. The van der Waals surface area contributed by atoms with Gasteiger partial charge in [-0.1, -0.05) is 12.1 Å². The molecule has 0 aliphatic rings. The molecule has 0 amide bonds. The van der Waals surface area contributed by atoms with Crippen LogP contribution in [0.5, 0.6) is 5.75 Å². The Balaban J connectivity index is 0.00000208. The molecule has 1 heterocycles. The van der Waals surface area contributed by atoms with Crippen molar-refractivity contribution in [3.8, 4) is 5.75 Å². The predicted molar refractivity (Wildman–Crippen MR) is 88.7 cm³/mol. The topological polar surface area (TPSA) is 44.1 Å². The molecule has 0 saturated carbocycles. The SMILES string of the molecule is CCn1c(N)[n+](CCCOc2ccc(F)cc2)c2ccccc21.[Br-]. The third kappa shape index (κ3) is 3.70. The van der Waals surface area contributed by atoms with Crippen molar-refractivity contribution in [2.45, 2.75) is 26.4 Å². The van der Waals surface area contributed by atoms with Crippen LogP contribution in [0, 0.1) is 5.82 Å².